The molecular weight excluding hydrogens is 284 g/mol. The second-order valence-corrected chi connectivity index (χ2v) is 6.51. The summed E-state index contributed by atoms with van der Waals surface area (Å²) < 4.78 is 1.24. The molecule has 1 aromatic carbocycles. The van der Waals surface area contributed by atoms with Gasteiger partial charge in [-0.05, 0) is 42.2 Å². The lowest BCUT2D eigenvalue weighted by molar-refractivity contribution is 0.0835. The number of nitrogens with zero attached hydrogens (tertiary/aromatic N) is 1. The molecule has 1 aliphatic heterocycles. The third-order valence-electron chi connectivity index (χ3n) is 4.00. The summed E-state index contributed by atoms with van der Waals surface area (Å²) in [6, 6.07) is 8.12. The van der Waals surface area contributed by atoms with Gasteiger partial charge in [0.15, 0.2) is 0 Å². The van der Waals surface area contributed by atoms with E-state index in [0.717, 1.165) is 24.9 Å². The molecule has 3 rings (SSSR count). The summed E-state index contributed by atoms with van der Waals surface area (Å²) in [6.45, 7) is 3.16. The van der Waals surface area contributed by atoms with Gasteiger partial charge in [0.2, 0.25) is 0 Å². The largest absolute Gasteiger partial charge is 0.391 e. The lowest BCUT2D eigenvalue weighted by Gasteiger charge is -2.31. The minimum atomic E-state index is -0.387. The molecule has 0 saturated carbocycles. The predicted molar refractivity (Wildman–Crippen MR) is 85.6 cm³/mol. The number of amides is 2. The van der Waals surface area contributed by atoms with Gasteiger partial charge in [-0.25, -0.2) is 4.79 Å². The van der Waals surface area contributed by atoms with Crippen LogP contribution < -0.4 is 5.32 Å². The number of β-amino-alcohol motifs (C(OH)–C–C–N with tert-alkyl or cyclic N) is 1. The predicted octanol–water partition coefficient (Wildman–Crippen LogP) is 3.13. The molecule has 2 amide bonds. The van der Waals surface area contributed by atoms with Crippen LogP contribution in [-0.2, 0) is 0 Å². The number of fused-ring (bicyclic) bond motifs is 1. The minimum absolute atomic E-state index is 0.0345. The molecule has 5 heteroatoms. The molecule has 0 bridgehead atoms. The first kappa shape index (κ1) is 14.4. The van der Waals surface area contributed by atoms with Gasteiger partial charge in [-0.1, -0.05) is 18.2 Å². The molecule has 4 nitrogen and oxygen atoms in total. The van der Waals surface area contributed by atoms with Crippen molar-refractivity contribution in [2.45, 2.75) is 31.9 Å². The summed E-state index contributed by atoms with van der Waals surface area (Å²) in [4.78, 5) is 14.0. The summed E-state index contributed by atoms with van der Waals surface area (Å²) in [7, 11) is 0. The van der Waals surface area contributed by atoms with E-state index in [-0.39, 0.29) is 18.2 Å². The molecular formula is C16H20N2O2S. The lowest BCUT2D eigenvalue weighted by atomic mass is 10.1. The Hall–Kier alpha value is -1.59. The molecule has 1 saturated heterocycles. The van der Waals surface area contributed by atoms with E-state index in [4.69, 9.17) is 0 Å². The average molecular weight is 304 g/mol. The van der Waals surface area contributed by atoms with Gasteiger partial charge in [0.1, 0.15) is 0 Å². The highest BCUT2D eigenvalue weighted by molar-refractivity contribution is 7.17. The third kappa shape index (κ3) is 3.04. The van der Waals surface area contributed by atoms with Gasteiger partial charge in [-0.15, -0.1) is 11.3 Å². The third-order valence-corrected chi connectivity index (χ3v) is 4.98. The van der Waals surface area contributed by atoms with Gasteiger partial charge < -0.3 is 15.3 Å². The lowest BCUT2D eigenvalue weighted by Crippen LogP contribution is -2.47. The molecule has 0 unspecified atom stereocenters. The number of carbonyl (C=O) groups is 1. The fourth-order valence-electron chi connectivity index (χ4n) is 2.83. The van der Waals surface area contributed by atoms with Crippen LogP contribution in [0.5, 0.6) is 0 Å². The van der Waals surface area contributed by atoms with Crippen molar-refractivity contribution in [1.29, 1.82) is 0 Å². The van der Waals surface area contributed by atoms with Crippen molar-refractivity contribution in [1.82, 2.24) is 10.2 Å². The van der Waals surface area contributed by atoms with E-state index < -0.39 is 0 Å². The summed E-state index contributed by atoms with van der Waals surface area (Å²) in [6.07, 6.45) is 1.26. The van der Waals surface area contributed by atoms with Crippen LogP contribution in [-0.4, -0.2) is 35.2 Å². The van der Waals surface area contributed by atoms with Gasteiger partial charge in [0.05, 0.1) is 12.1 Å². The smallest absolute Gasteiger partial charge is 0.317 e. The van der Waals surface area contributed by atoms with Crippen LogP contribution in [0.15, 0.2) is 29.6 Å². The molecule has 2 heterocycles. The molecule has 0 aliphatic carbocycles. The minimum Gasteiger partial charge on any atom is -0.391 e. The quantitative estimate of drug-likeness (QED) is 0.895. The molecule has 2 atom stereocenters. The van der Waals surface area contributed by atoms with E-state index in [2.05, 4.69) is 22.8 Å². The van der Waals surface area contributed by atoms with E-state index >= 15 is 0 Å². The number of urea groups is 1. The van der Waals surface area contributed by atoms with E-state index in [1.54, 1.807) is 16.2 Å². The Morgan fingerprint density at radius 2 is 2.29 bits per heavy atom. The number of rotatable bonds is 2. The SMILES string of the molecule is C[C@H](NC(=O)N1CCC[C@@H](O)C1)c1csc2ccccc12. The summed E-state index contributed by atoms with van der Waals surface area (Å²) in [5.74, 6) is 0. The standard InChI is InChI=1S/C16H20N2O2S/c1-11(14-10-21-15-7-3-2-6-13(14)15)17-16(20)18-8-4-5-12(19)9-18/h2-3,6-7,10-12,19H,4-5,8-9H2,1H3,(H,17,20)/t11-,12+/m0/s1. The number of aliphatic hydroxyl groups is 1. The van der Waals surface area contributed by atoms with Gasteiger partial charge in [-0.2, -0.15) is 0 Å². The Balaban J connectivity index is 1.71. The molecule has 0 radical (unpaired) electrons. The first-order valence-corrected chi connectivity index (χ1v) is 8.23. The maximum Gasteiger partial charge on any atom is 0.317 e. The van der Waals surface area contributed by atoms with Crippen molar-refractivity contribution in [2.24, 2.45) is 0 Å². The van der Waals surface area contributed by atoms with E-state index in [9.17, 15) is 9.90 Å². The molecule has 1 fully saturated rings. The number of aliphatic hydroxyl groups excluding tert-OH is 1. The molecule has 21 heavy (non-hydrogen) atoms. The summed E-state index contributed by atoms with van der Waals surface area (Å²) in [5, 5.41) is 16.0. The molecule has 2 N–H and O–H groups in total. The average Bonchev–Trinajstić information content (AvgIpc) is 2.91. The summed E-state index contributed by atoms with van der Waals surface area (Å²) in [5.41, 5.74) is 1.15. The number of hydrogen-bond donors (Lipinski definition) is 2. The molecule has 1 aromatic heterocycles. The van der Waals surface area contributed by atoms with Gasteiger partial charge in [-0.3, -0.25) is 0 Å². The highest BCUT2D eigenvalue weighted by Crippen LogP contribution is 2.30. The number of hydrogen-bond acceptors (Lipinski definition) is 3. The Morgan fingerprint density at radius 1 is 1.48 bits per heavy atom. The van der Waals surface area contributed by atoms with Crippen LogP contribution >= 0.6 is 11.3 Å². The van der Waals surface area contributed by atoms with Crippen molar-refractivity contribution in [3.63, 3.8) is 0 Å². The van der Waals surface area contributed by atoms with E-state index in [1.165, 1.54) is 10.1 Å². The number of benzene rings is 1. The first-order chi connectivity index (χ1) is 10.1. The topological polar surface area (TPSA) is 52.6 Å². The molecule has 112 valence electrons. The van der Waals surface area contributed by atoms with Crippen molar-refractivity contribution in [3.8, 4) is 0 Å². The van der Waals surface area contributed by atoms with Gasteiger partial charge >= 0.3 is 6.03 Å². The normalized spacial score (nSPS) is 20.5. The number of carbonyl (C=O) groups excluding carboxylic acids is 1. The van der Waals surface area contributed by atoms with Crippen LogP contribution in [0.2, 0.25) is 0 Å². The maximum atomic E-state index is 12.3. The molecule has 2 aromatic rings. The van der Waals surface area contributed by atoms with E-state index in [1.807, 2.05) is 19.1 Å². The Bertz CT molecular complexity index is 640. The highest BCUT2D eigenvalue weighted by Gasteiger charge is 2.23. The number of thiophene rings is 1. The maximum absolute atomic E-state index is 12.3. The van der Waals surface area contributed by atoms with Crippen molar-refractivity contribution in [2.75, 3.05) is 13.1 Å². The van der Waals surface area contributed by atoms with Crippen molar-refractivity contribution in [3.05, 3.63) is 35.2 Å². The van der Waals surface area contributed by atoms with Gasteiger partial charge in [0.25, 0.3) is 0 Å². The van der Waals surface area contributed by atoms with Crippen molar-refractivity contribution >= 4 is 27.5 Å². The zero-order valence-corrected chi connectivity index (χ0v) is 12.9. The fourth-order valence-corrected chi connectivity index (χ4v) is 3.88. The molecule has 0 spiro atoms. The van der Waals surface area contributed by atoms with Crippen LogP contribution in [0.3, 0.4) is 0 Å². The first-order valence-electron chi connectivity index (χ1n) is 7.35. The molecule has 1 aliphatic rings. The zero-order chi connectivity index (χ0) is 14.8. The second kappa shape index (κ2) is 6.03. The summed E-state index contributed by atoms with van der Waals surface area (Å²) >= 11 is 1.70. The number of piperidine rings is 1. The number of likely N-dealkylation sites (tertiary alicyclic amines) is 1. The number of nitrogens with one attached hydrogen (secondary N) is 1. The Kier molecular flexibility index (Phi) is 4.12. The zero-order valence-electron chi connectivity index (χ0n) is 12.1. The Morgan fingerprint density at radius 3 is 3.10 bits per heavy atom. The van der Waals surface area contributed by atoms with Crippen LogP contribution in [0.1, 0.15) is 31.4 Å². The second-order valence-electron chi connectivity index (χ2n) is 5.60. The van der Waals surface area contributed by atoms with Crippen LogP contribution in [0.25, 0.3) is 10.1 Å². The van der Waals surface area contributed by atoms with Crippen molar-refractivity contribution < 1.29 is 9.90 Å². The Labute approximate surface area is 128 Å². The monoisotopic (exact) mass is 304 g/mol. The highest BCUT2D eigenvalue weighted by atomic mass is 32.1. The van der Waals surface area contributed by atoms with Crippen LogP contribution in [0.4, 0.5) is 4.79 Å². The fraction of sp³-hybridized carbons (Fsp3) is 0.438. The van der Waals surface area contributed by atoms with E-state index in [0.29, 0.717) is 6.54 Å². The van der Waals surface area contributed by atoms with Gasteiger partial charge in [0, 0.05) is 17.8 Å². The van der Waals surface area contributed by atoms with Crippen LogP contribution in [0, 0.1) is 0 Å².